The van der Waals surface area contributed by atoms with Gasteiger partial charge >= 0.3 is 0 Å². The third kappa shape index (κ3) is 4.40. The molecule has 0 unspecified atom stereocenters. The second kappa shape index (κ2) is 6.12. The molecule has 0 saturated heterocycles. The predicted octanol–water partition coefficient (Wildman–Crippen LogP) is 1.51. The van der Waals surface area contributed by atoms with Gasteiger partial charge in [-0.1, -0.05) is 0 Å². The van der Waals surface area contributed by atoms with Gasteiger partial charge in [-0.05, 0) is 6.92 Å². The van der Waals surface area contributed by atoms with Gasteiger partial charge in [0.15, 0.2) is 0 Å². The van der Waals surface area contributed by atoms with Crippen LogP contribution in [0.15, 0.2) is 0 Å². The molecule has 0 amide bonds. The van der Waals surface area contributed by atoms with E-state index in [1.54, 1.807) is 0 Å². The summed E-state index contributed by atoms with van der Waals surface area (Å²) < 4.78 is 9.21. The van der Waals surface area contributed by atoms with Crippen molar-refractivity contribution >= 4 is 28.3 Å². The number of alkyl halides is 1. The molecule has 1 aromatic rings. The highest BCUT2D eigenvalue weighted by Crippen LogP contribution is 2.08. The van der Waals surface area contributed by atoms with Gasteiger partial charge in [0.25, 0.3) is 0 Å². The number of anilines is 1. The Morgan fingerprint density at radius 2 is 2.38 bits per heavy atom. The number of nitrogens with zero attached hydrogens (tertiary/aromatic N) is 2. The van der Waals surface area contributed by atoms with E-state index in [2.05, 4.69) is 14.7 Å². The highest BCUT2D eigenvalue weighted by molar-refractivity contribution is 7.09. The van der Waals surface area contributed by atoms with Gasteiger partial charge in [0, 0.05) is 24.0 Å². The number of aryl methyl sites for hydroxylation is 1. The monoisotopic (exact) mass is 221 g/mol. The Hall–Kier alpha value is -0.390. The van der Waals surface area contributed by atoms with E-state index in [-0.39, 0.29) is 0 Å². The fourth-order valence-electron chi connectivity index (χ4n) is 0.756. The van der Waals surface area contributed by atoms with Crippen molar-refractivity contribution in [2.24, 2.45) is 0 Å². The number of aromatic nitrogens is 2. The van der Waals surface area contributed by atoms with Crippen LogP contribution in [-0.4, -0.2) is 35.0 Å². The quantitative estimate of drug-likeness (QED) is 0.585. The summed E-state index contributed by atoms with van der Waals surface area (Å²) in [5.41, 5.74) is 0. The molecule has 0 saturated carbocycles. The zero-order valence-corrected chi connectivity index (χ0v) is 8.99. The molecule has 0 aliphatic heterocycles. The van der Waals surface area contributed by atoms with E-state index in [9.17, 15) is 0 Å². The van der Waals surface area contributed by atoms with Gasteiger partial charge in [-0.15, -0.1) is 11.6 Å². The van der Waals surface area contributed by atoms with E-state index >= 15 is 0 Å². The molecule has 6 heteroatoms. The van der Waals surface area contributed by atoms with Gasteiger partial charge < -0.3 is 10.1 Å². The van der Waals surface area contributed by atoms with Crippen molar-refractivity contribution in [2.75, 3.05) is 31.0 Å². The standard InChI is InChI=1S/C7H12ClN3OS/c1-6-10-7(13-11-6)9-3-5-12-4-2-8/h2-5H2,1H3,(H,9,10,11). The Kier molecular flexibility index (Phi) is 5.03. The van der Waals surface area contributed by atoms with Crippen molar-refractivity contribution in [3.8, 4) is 0 Å². The van der Waals surface area contributed by atoms with Crippen molar-refractivity contribution < 1.29 is 4.74 Å². The topological polar surface area (TPSA) is 47.0 Å². The zero-order chi connectivity index (χ0) is 9.52. The van der Waals surface area contributed by atoms with Crippen molar-refractivity contribution in [1.29, 1.82) is 0 Å². The summed E-state index contributed by atoms with van der Waals surface area (Å²) in [6.45, 7) is 3.85. The first-order chi connectivity index (χ1) is 6.33. The van der Waals surface area contributed by atoms with E-state index in [4.69, 9.17) is 16.3 Å². The van der Waals surface area contributed by atoms with Crippen LogP contribution in [0.5, 0.6) is 0 Å². The minimum atomic E-state index is 0.540. The lowest BCUT2D eigenvalue weighted by atomic mass is 10.7. The third-order valence-corrected chi connectivity index (χ3v) is 2.19. The number of hydrogen-bond donors (Lipinski definition) is 1. The van der Waals surface area contributed by atoms with Crippen LogP contribution in [0.1, 0.15) is 5.82 Å². The first kappa shape index (κ1) is 10.7. The normalized spacial score (nSPS) is 10.3. The minimum Gasteiger partial charge on any atom is -0.378 e. The van der Waals surface area contributed by atoms with E-state index in [0.717, 1.165) is 17.5 Å². The molecule has 0 fully saturated rings. The van der Waals surface area contributed by atoms with Crippen LogP contribution >= 0.6 is 23.1 Å². The van der Waals surface area contributed by atoms with E-state index in [1.165, 1.54) is 11.5 Å². The summed E-state index contributed by atoms with van der Waals surface area (Å²) in [4.78, 5) is 4.14. The lowest BCUT2D eigenvalue weighted by Gasteiger charge is -2.01. The SMILES string of the molecule is Cc1nsc(NCCOCCCl)n1. The van der Waals surface area contributed by atoms with Gasteiger partial charge in [-0.3, -0.25) is 0 Å². The fraction of sp³-hybridized carbons (Fsp3) is 0.714. The third-order valence-electron chi connectivity index (χ3n) is 1.27. The number of halogens is 1. The van der Waals surface area contributed by atoms with Gasteiger partial charge in [0.05, 0.1) is 13.2 Å². The Morgan fingerprint density at radius 3 is 3.00 bits per heavy atom. The van der Waals surface area contributed by atoms with Crippen LogP contribution in [0, 0.1) is 6.92 Å². The van der Waals surface area contributed by atoms with Crippen molar-refractivity contribution in [1.82, 2.24) is 9.36 Å². The molecule has 1 rings (SSSR count). The van der Waals surface area contributed by atoms with E-state index in [0.29, 0.717) is 19.1 Å². The molecule has 0 radical (unpaired) electrons. The molecule has 1 aromatic heterocycles. The van der Waals surface area contributed by atoms with Crippen LogP contribution in [0.3, 0.4) is 0 Å². The smallest absolute Gasteiger partial charge is 0.202 e. The van der Waals surface area contributed by atoms with Crippen molar-refractivity contribution in [3.63, 3.8) is 0 Å². The molecule has 0 aromatic carbocycles. The van der Waals surface area contributed by atoms with Gasteiger partial charge in [-0.25, -0.2) is 4.98 Å². The lowest BCUT2D eigenvalue weighted by molar-refractivity contribution is 0.160. The van der Waals surface area contributed by atoms with Crippen LogP contribution in [0.4, 0.5) is 5.13 Å². The van der Waals surface area contributed by atoms with Crippen molar-refractivity contribution in [2.45, 2.75) is 6.92 Å². The molecule has 74 valence electrons. The Labute approximate surface area is 86.4 Å². The van der Waals surface area contributed by atoms with E-state index < -0.39 is 0 Å². The molecular weight excluding hydrogens is 210 g/mol. The first-order valence-electron chi connectivity index (χ1n) is 4.01. The molecule has 0 aliphatic carbocycles. The molecule has 1 heterocycles. The lowest BCUT2D eigenvalue weighted by Crippen LogP contribution is -2.10. The number of hydrogen-bond acceptors (Lipinski definition) is 5. The van der Waals surface area contributed by atoms with Crippen LogP contribution < -0.4 is 5.32 Å². The van der Waals surface area contributed by atoms with Crippen LogP contribution in [0.25, 0.3) is 0 Å². The maximum absolute atomic E-state index is 5.44. The summed E-state index contributed by atoms with van der Waals surface area (Å²) in [6, 6.07) is 0. The summed E-state index contributed by atoms with van der Waals surface area (Å²) in [7, 11) is 0. The number of ether oxygens (including phenoxy) is 1. The number of rotatable bonds is 6. The zero-order valence-electron chi connectivity index (χ0n) is 7.42. The molecule has 0 atom stereocenters. The second-order valence-electron chi connectivity index (χ2n) is 2.37. The Bertz CT molecular complexity index is 243. The maximum atomic E-state index is 5.44. The van der Waals surface area contributed by atoms with Gasteiger partial charge in [-0.2, -0.15) is 4.37 Å². The van der Waals surface area contributed by atoms with Crippen LogP contribution in [0.2, 0.25) is 0 Å². The summed E-state index contributed by atoms with van der Waals surface area (Å²) in [5.74, 6) is 1.34. The largest absolute Gasteiger partial charge is 0.378 e. The van der Waals surface area contributed by atoms with Crippen LogP contribution in [-0.2, 0) is 4.74 Å². The molecule has 4 nitrogen and oxygen atoms in total. The number of nitrogens with one attached hydrogen (secondary N) is 1. The molecule has 0 spiro atoms. The first-order valence-corrected chi connectivity index (χ1v) is 5.31. The molecule has 13 heavy (non-hydrogen) atoms. The summed E-state index contributed by atoms with van der Waals surface area (Å²) in [6.07, 6.45) is 0. The highest BCUT2D eigenvalue weighted by Gasteiger charge is 1.97. The molecule has 1 N–H and O–H groups in total. The highest BCUT2D eigenvalue weighted by atomic mass is 35.5. The van der Waals surface area contributed by atoms with E-state index in [1.807, 2.05) is 6.92 Å². The Balaban J connectivity index is 2.06. The molecule has 0 bridgehead atoms. The molecular formula is C7H12ClN3OS. The maximum Gasteiger partial charge on any atom is 0.202 e. The second-order valence-corrected chi connectivity index (χ2v) is 3.50. The fourth-order valence-corrected chi connectivity index (χ4v) is 1.46. The average Bonchev–Trinajstić information content (AvgIpc) is 2.51. The summed E-state index contributed by atoms with van der Waals surface area (Å²) in [5, 5.41) is 3.94. The minimum absolute atomic E-state index is 0.540. The predicted molar refractivity (Wildman–Crippen MR) is 54.7 cm³/mol. The molecule has 0 aliphatic rings. The van der Waals surface area contributed by atoms with Gasteiger partial charge in [0.2, 0.25) is 5.13 Å². The van der Waals surface area contributed by atoms with Gasteiger partial charge in [0.1, 0.15) is 5.82 Å². The average molecular weight is 222 g/mol. The van der Waals surface area contributed by atoms with Crippen molar-refractivity contribution in [3.05, 3.63) is 5.82 Å². The summed E-state index contributed by atoms with van der Waals surface area (Å²) >= 11 is 6.79. The Morgan fingerprint density at radius 1 is 1.54 bits per heavy atom.